The van der Waals surface area contributed by atoms with Crippen LogP contribution in [0.3, 0.4) is 0 Å². The number of carbonyl (C=O) groups is 5. The topological polar surface area (TPSA) is 176 Å². The second-order valence-corrected chi connectivity index (χ2v) is 38.1. The standard InChI is InChI=1S/3C22H23Cl2NO2.C21H21Cl2NO2.C21H27ClFNO3/c2*1-15-9-10-16(19(24)13-15)5-3-8-21(26)17-14-25(11-12-27-2)20-7-4-6-18(23)22(17)20;1-15(16-6-3-4-7-18(16)23)10-11-21(26)17-14-25(12-13-27-2)20-9-5-8-19(24)22(17)20;1-26-13-12-24-14-16(21-18(23)9-5-10-19(21)24)20(25)11-4-7-15-6-2-3-8-17(15)22;1-20(23)8-4-9-21(26,14-20)10-7-18(25)15-13-24(11-12-27-2)17-6-3-5-16(22)19(15)17/h2*4,6-7,9-10,13-14H,3,5,8,11-12H2,1-2H3;3-9,14-15H,10-13H2,1-2H3;2-3,5-6,8-10,14H,4,7,11-13H2,1H3;3,5-6,13,26H,4,7-12,14H2,1-2H3. The quantitative estimate of drug-likeness (QED) is 0.0363. The van der Waals surface area contributed by atoms with Crippen LogP contribution in [-0.2, 0) is 75.7 Å². The summed E-state index contributed by atoms with van der Waals surface area (Å²) in [6.07, 6.45) is 18.7. The van der Waals surface area contributed by atoms with E-state index in [2.05, 4.69) is 6.92 Å². The van der Waals surface area contributed by atoms with Gasteiger partial charge in [-0.25, -0.2) is 4.39 Å². The Hall–Kier alpha value is -8.67. The highest BCUT2D eigenvalue weighted by molar-refractivity contribution is 6.40. The Labute approximate surface area is 830 Å². The lowest BCUT2D eigenvalue weighted by Gasteiger charge is -2.39. The molecule has 5 heterocycles. The van der Waals surface area contributed by atoms with E-state index in [-0.39, 0.29) is 54.1 Å². The molecule has 134 heavy (non-hydrogen) atoms. The molecule has 0 aliphatic heterocycles. The first kappa shape index (κ1) is 106. The van der Waals surface area contributed by atoms with Crippen molar-refractivity contribution in [1.82, 2.24) is 22.8 Å². The molecular formula is C108H117Cl9FN5O11. The predicted molar refractivity (Wildman–Crippen MR) is 550 cm³/mol. The summed E-state index contributed by atoms with van der Waals surface area (Å²) in [7, 11) is 8.30. The van der Waals surface area contributed by atoms with Gasteiger partial charge in [0.25, 0.3) is 0 Å². The normalized spacial score (nSPS) is 14.4. The first-order valence-corrected chi connectivity index (χ1v) is 48.7. The minimum atomic E-state index is -1.37. The molecule has 1 fully saturated rings. The van der Waals surface area contributed by atoms with Crippen molar-refractivity contribution in [2.24, 2.45) is 0 Å². The summed E-state index contributed by atoms with van der Waals surface area (Å²) in [4.78, 5) is 64.5. The molecule has 14 aromatic rings. The number of hydrogen-bond acceptors (Lipinski definition) is 11. The summed E-state index contributed by atoms with van der Waals surface area (Å²) in [5, 5.41) is 20.8. The molecule has 1 N–H and O–H groups in total. The molecule has 16 nitrogen and oxygen atoms in total. The second-order valence-electron chi connectivity index (χ2n) is 34.4. The molecule has 9 aromatic carbocycles. The van der Waals surface area contributed by atoms with Crippen LogP contribution in [0.2, 0.25) is 45.2 Å². The minimum absolute atomic E-state index is 0.0798. The summed E-state index contributed by atoms with van der Waals surface area (Å²) in [6, 6.07) is 56.1. The maximum atomic E-state index is 14.3. The van der Waals surface area contributed by atoms with Gasteiger partial charge in [0.15, 0.2) is 28.9 Å². The van der Waals surface area contributed by atoms with Crippen LogP contribution < -0.4 is 0 Å². The second kappa shape index (κ2) is 51.1. The number of halogens is 10. The number of aliphatic hydroxyl groups is 1. The van der Waals surface area contributed by atoms with Crippen molar-refractivity contribution in [1.29, 1.82) is 0 Å². The number of nitrogens with zero attached hydrogens (tertiary/aromatic N) is 5. The fourth-order valence-corrected chi connectivity index (χ4v) is 20.0. The fourth-order valence-electron chi connectivity index (χ4n) is 17.5. The smallest absolute Gasteiger partial charge is 0.165 e. The van der Waals surface area contributed by atoms with Crippen LogP contribution in [0.15, 0.2) is 207 Å². The molecule has 0 saturated heterocycles. The molecular weight excluding hydrogens is 1880 g/mol. The number of methoxy groups -OCH3 is 5. The van der Waals surface area contributed by atoms with Gasteiger partial charge in [-0.1, -0.05) is 202 Å². The lowest BCUT2D eigenvalue weighted by Crippen LogP contribution is -2.41. The van der Waals surface area contributed by atoms with E-state index in [1.807, 2.05) is 238 Å². The van der Waals surface area contributed by atoms with Crippen LogP contribution in [0.4, 0.5) is 4.39 Å². The third-order valence-electron chi connectivity index (χ3n) is 24.5. The molecule has 0 amide bonds. The SMILES string of the molecule is COCCn1cc(C(=O)CCC(C)c2ccccc2Cl)c2c(Cl)cccc21.COCCn1cc(C(=O)CCC2(O)CCCC(C)(F)C2)c2c(Cl)cccc21.COCCn1cc(C(=O)CCCc2ccc(C)cc2Cl)c2c(Cl)cccc21.COCCn1cc(C(=O)CCCc2ccc(C)cc2Cl)c2c(Cl)cccc21.COCCn1cc(C(=O)CCCc2ccccc2Cl)c2c(Cl)cccc21. The summed E-state index contributed by atoms with van der Waals surface area (Å²) in [6.45, 7) is 13.8. The molecule has 0 bridgehead atoms. The zero-order chi connectivity index (χ0) is 96.3. The summed E-state index contributed by atoms with van der Waals surface area (Å²) >= 11 is 57.1. The Balaban J connectivity index is 0.000000161. The summed E-state index contributed by atoms with van der Waals surface area (Å²) in [5.41, 5.74) is 12.1. The van der Waals surface area contributed by atoms with Gasteiger partial charge < -0.3 is 51.6 Å². The molecule has 1 aliphatic rings. The van der Waals surface area contributed by atoms with E-state index in [4.69, 9.17) is 128 Å². The van der Waals surface area contributed by atoms with Crippen molar-refractivity contribution in [3.8, 4) is 0 Å². The highest BCUT2D eigenvalue weighted by atomic mass is 35.5. The van der Waals surface area contributed by atoms with E-state index in [0.29, 0.717) is 164 Å². The molecule has 710 valence electrons. The molecule has 3 atom stereocenters. The Morgan fingerprint density at radius 2 is 0.657 bits per heavy atom. The average molecular weight is 2000 g/mol. The molecule has 1 saturated carbocycles. The van der Waals surface area contributed by atoms with Crippen molar-refractivity contribution in [2.75, 3.05) is 68.6 Å². The van der Waals surface area contributed by atoms with Crippen molar-refractivity contribution < 1.29 is 57.2 Å². The Kier molecular flexibility index (Phi) is 40.4. The third kappa shape index (κ3) is 28.1. The number of carbonyl (C=O) groups excluding carboxylic acids is 5. The molecule has 5 aromatic heterocycles. The van der Waals surface area contributed by atoms with Crippen LogP contribution in [-0.4, -0.2) is 137 Å². The first-order valence-electron chi connectivity index (χ1n) is 45.3. The molecule has 15 rings (SSSR count). The highest BCUT2D eigenvalue weighted by Gasteiger charge is 2.42. The van der Waals surface area contributed by atoms with Gasteiger partial charge in [-0.3, -0.25) is 24.0 Å². The maximum Gasteiger partial charge on any atom is 0.165 e. The van der Waals surface area contributed by atoms with Crippen molar-refractivity contribution in [3.05, 3.63) is 313 Å². The fraction of sp³-hybridized carbons (Fsp3) is 0.361. The highest BCUT2D eigenvalue weighted by Crippen LogP contribution is 2.43. The molecule has 0 radical (unpaired) electrons. The number of ketones is 5. The van der Waals surface area contributed by atoms with Crippen LogP contribution >= 0.6 is 104 Å². The van der Waals surface area contributed by atoms with E-state index < -0.39 is 11.3 Å². The lowest BCUT2D eigenvalue weighted by atomic mass is 9.74. The number of aromatic nitrogens is 5. The van der Waals surface area contributed by atoms with Gasteiger partial charge in [-0.2, -0.15) is 0 Å². The lowest BCUT2D eigenvalue weighted by molar-refractivity contribution is -0.0611. The Bertz CT molecular complexity index is 6230. The third-order valence-corrected chi connectivity index (χ3v) is 27.5. The summed E-state index contributed by atoms with van der Waals surface area (Å²) in [5.74, 6) is 0.540. The van der Waals surface area contributed by atoms with Gasteiger partial charge in [0.2, 0.25) is 0 Å². The van der Waals surface area contributed by atoms with Crippen LogP contribution in [0.5, 0.6) is 0 Å². The van der Waals surface area contributed by atoms with Gasteiger partial charge in [0.05, 0.1) is 91.3 Å². The number of alkyl halides is 1. The average Bonchev–Trinajstić information content (AvgIpc) is 1.62. The Morgan fingerprint density at radius 1 is 0.366 bits per heavy atom. The number of Topliss-reactive ketones (excluding diaryl/α,β-unsaturated/α-hetero) is 5. The van der Waals surface area contributed by atoms with Gasteiger partial charge in [-0.05, 0) is 216 Å². The van der Waals surface area contributed by atoms with E-state index >= 15 is 0 Å². The number of aryl methyl sites for hydroxylation is 5. The van der Waals surface area contributed by atoms with Crippen LogP contribution in [0.25, 0.3) is 54.5 Å². The number of ether oxygens (including phenoxy) is 5. The van der Waals surface area contributed by atoms with E-state index in [1.54, 1.807) is 41.6 Å². The number of rotatable bonds is 39. The van der Waals surface area contributed by atoms with Crippen molar-refractivity contribution in [2.45, 2.75) is 187 Å². The van der Waals surface area contributed by atoms with Gasteiger partial charge >= 0.3 is 0 Å². The largest absolute Gasteiger partial charge is 0.390 e. The van der Waals surface area contributed by atoms with Crippen molar-refractivity contribution >= 4 is 188 Å². The number of hydrogen-bond donors (Lipinski definition) is 1. The Morgan fingerprint density at radius 3 is 0.963 bits per heavy atom. The number of benzene rings is 9. The van der Waals surface area contributed by atoms with E-state index in [9.17, 15) is 33.5 Å². The molecule has 1 aliphatic carbocycles. The summed E-state index contributed by atoms with van der Waals surface area (Å²) < 4.78 is 50.3. The zero-order valence-corrected chi connectivity index (χ0v) is 84.1. The van der Waals surface area contributed by atoms with E-state index in [0.717, 1.165) is 153 Å². The first-order chi connectivity index (χ1) is 64.4. The monoisotopic (exact) mass is 1990 g/mol. The minimum Gasteiger partial charge on any atom is -0.390 e. The maximum absolute atomic E-state index is 14.3. The van der Waals surface area contributed by atoms with Crippen LogP contribution in [0.1, 0.15) is 195 Å². The van der Waals surface area contributed by atoms with Crippen molar-refractivity contribution in [3.63, 3.8) is 0 Å². The number of fused-ring (bicyclic) bond motifs is 5. The van der Waals surface area contributed by atoms with Gasteiger partial charge in [0.1, 0.15) is 5.67 Å². The molecule has 0 spiro atoms. The van der Waals surface area contributed by atoms with E-state index in [1.165, 1.54) is 6.92 Å². The van der Waals surface area contributed by atoms with Gasteiger partial charge in [-0.15, -0.1) is 0 Å². The van der Waals surface area contributed by atoms with Crippen LogP contribution in [0, 0.1) is 13.8 Å². The molecule has 3 unspecified atom stereocenters. The van der Waals surface area contributed by atoms with Gasteiger partial charge in [0, 0.05) is 213 Å². The predicted octanol–water partition coefficient (Wildman–Crippen LogP) is 29.3. The molecule has 26 heteroatoms. The zero-order valence-electron chi connectivity index (χ0n) is 77.3.